The third-order valence-electron chi connectivity index (χ3n) is 1.77. The number of hydrogen-bond acceptors (Lipinski definition) is 3. The van der Waals surface area contributed by atoms with Crippen LogP contribution in [-0.2, 0) is 4.79 Å². The van der Waals surface area contributed by atoms with Crippen LogP contribution >= 0.6 is 0 Å². The number of allylic oxidation sites excluding steroid dienone is 1. The first kappa shape index (κ1) is 9.64. The summed E-state index contributed by atoms with van der Waals surface area (Å²) in [4.78, 5) is 9.93. The van der Waals surface area contributed by atoms with Crippen LogP contribution in [0.3, 0.4) is 0 Å². The molecule has 1 radical (unpaired) electrons. The van der Waals surface area contributed by atoms with Gasteiger partial charge in [-0.1, -0.05) is 12.1 Å². The highest BCUT2D eigenvalue weighted by molar-refractivity contribution is 5.75. The Balaban J connectivity index is 2.30. The summed E-state index contributed by atoms with van der Waals surface area (Å²) in [5.74, 6) is -0.0692. The third kappa shape index (κ3) is 1.96. The number of fused-ring (bicyclic) bond motifs is 1. The molecule has 0 N–H and O–H groups in total. The van der Waals surface area contributed by atoms with Crippen molar-refractivity contribution >= 4 is 12.4 Å². The second-order valence-corrected chi connectivity index (χ2v) is 2.82. The normalized spacial score (nSPS) is 16.9. The fourth-order valence-corrected chi connectivity index (χ4v) is 1.20. The predicted octanol–water partition coefficient (Wildman–Crippen LogP) is 2.13. The molecule has 0 amide bonds. The Labute approximate surface area is 83.9 Å². The van der Waals surface area contributed by atoms with Crippen molar-refractivity contribution in [3.63, 3.8) is 0 Å². The van der Waals surface area contributed by atoms with Crippen molar-refractivity contribution in [2.75, 3.05) is 0 Å². The van der Waals surface area contributed by atoms with Crippen molar-refractivity contribution in [2.45, 2.75) is 6.29 Å². The van der Waals surface area contributed by atoms with Crippen molar-refractivity contribution in [1.82, 2.24) is 0 Å². The summed E-state index contributed by atoms with van der Waals surface area (Å²) >= 11 is 0. The zero-order valence-corrected chi connectivity index (χ0v) is 7.37. The molecule has 77 valence electrons. The molecule has 0 atom stereocenters. The third-order valence-corrected chi connectivity index (χ3v) is 1.77. The lowest BCUT2D eigenvalue weighted by molar-refractivity contribution is -0.286. The van der Waals surface area contributed by atoms with E-state index >= 15 is 0 Å². The Hall–Kier alpha value is -1.91. The second kappa shape index (κ2) is 3.34. The summed E-state index contributed by atoms with van der Waals surface area (Å²) in [5.41, 5.74) is 0.554. The molecule has 1 aromatic carbocycles. The highest BCUT2D eigenvalue weighted by Gasteiger charge is 2.43. The van der Waals surface area contributed by atoms with Crippen molar-refractivity contribution < 1.29 is 23.0 Å². The van der Waals surface area contributed by atoms with Gasteiger partial charge < -0.3 is 9.47 Å². The zero-order chi connectivity index (χ0) is 10.9. The summed E-state index contributed by atoms with van der Waals surface area (Å²) in [6.45, 7) is 0. The number of ether oxygens (including phenoxy) is 2. The van der Waals surface area contributed by atoms with Crippen molar-refractivity contribution in [1.29, 1.82) is 0 Å². The predicted molar refractivity (Wildman–Crippen MR) is 47.4 cm³/mol. The highest BCUT2D eigenvalue weighted by atomic mass is 19.3. The highest BCUT2D eigenvalue weighted by Crippen LogP contribution is 2.41. The molecule has 0 saturated carbocycles. The van der Waals surface area contributed by atoms with Crippen molar-refractivity contribution in [3.05, 3.63) is 29.8 Å². The second-order valence-electron chi connectivity index (χ2n) is 2.82. The van der Waals surface area contributed by atoms with E-state index in [-0.39, 0.29) is 11.5 Å². The van der Waals surface area contributed by atoms with Gasteiger partial charge in [0.2, 0.25) is 6.29 Å². The maximum absolute atomic E-state index is 12.6. The van der Waals surface area contributed by atoms with Crippen LogP contribution in [0.5, 0.6) is 11.5 Å². The fraction of sp³-hybridized carbons (Fsp3) is 0.100. The molecule has 5 heteroatoms. The summed E-state index contributed by atoms with van der Waals surface area (Å²) in [6.07, 6.45) is 0.498. The molecule has 0 saturated heterocycles. The molecule has 0 fully saturated rings. The molecule has 1 heterocycles. The van der Waals surface area contributed by atoms with Crippen LogP contribution < -0.4 is 9.47 Å². The van der Waals surface area contributed by atoms with Gasteiger partial charge in [0.25, 0.3) is 0 Å². The molecule has 0 bridgehead atoms. The molecular formula is C10H5F2O3. The lowest BCUT2D eigenvalue weighted by atomic mass is 10.2. The minimum Gasteiger partial charge on any atom is -0.395 e. The molecule has 2 rings (SSSR count). The van der Waals surface area contributed by atoms with Gasteiger partial charge in [0.1, 0.15) is 0 Å². The van der Waals surface area contributed by atoms with Crippen LogP contribution in [-0.4, -0.2) is 12.6 Å². The number of carbonyl (C=O) groups excluding carboxylic acids is 1. The van der Waals surface area contributed by atoms with E-state index in [9.17, 15) is 13.6 Å². The molecule has 1 aliphatic heterocycles. The van der Waals surface area contributed by atoms with E-state index in [1.165, 1.54) is 24.3 Å². The van der Waals surface area contributed by atoms with Gasteiger partial charge in [-0.25, -0.2) is 0 Å². The van der Waals surface area contributed by atoms with Crippen LogP contribution in [0.25, 0.3) is 6.08 Å². The number of halogens is 2. The van der Waals surface area contributed by atoms with Crippen molar-refractivity contribution in [3.8, 4) is 11.5 Å². The molecule has 3 nitrogen and oxygen atoms in total. The van der Waals surface area contributed by atoms with Crippen LogP contribution in [0.1, 0.15) is 5.56 Å². The fourth-order valence-electron chi connectivity index (χ4n) is 1.20. The van der Waals surface area contributed by atoms with Crippen LogP contribution in [0.2, 0.25) is 0 Å². The lowest BCUT2D eigenvalue weighted by Gasteiger charge is -2.04. The van der Waals surface area contributed by atoms with E-state index < -0.39 is 6.29 Å². The summed E-state index contributed by atoms with van der Waals surface area (Å²) in [6, 6.07) is 4.22. The number of benzene rings is 1. The quantitative estimate of drug-likeness (QED) is 0.703. The largest absolute Gasteiger partial charge is 0.586 e. The molecule has 0 aromatic heterocycles. The van der Waals surface area contributed by atoms with Gasteiger partial charge >= 0.3 is 6.29 Å². The summed E-state index contributed by atoms with van der Waals surface area (Å²) in [7, 11) is 0. The first-order valence-corrected chi connectivity index (χ1v) is 4.05. The molecule has 0 aliphatic carbocycles. The average Bonchev–Trinajstić information content (AvgIpc) is 2.47. The number of rotatable bonds is 2. The Kier molecular flexibility index (Phi) is 2.15. The monoisotopic (exact) mass is 211 g/mol. The lowest BCUT2D eigenvalue weighted by Crippen LogP contribution is -2.25. The average molecular weight is 211 g/mol. The Morgan fingerprint density at radius 2 is 2.00 bits per heavy atom. The molecule has 15 heavy (non-hydrogen) atoms. The Morgan fingerprint density at radius 3 is 2.73 bits per heavy atom. The maximum atomic E-state index is 12.6. The summed E-state index contributed by atoms with van der Waals surface area (Å²) in [5, 5.41) is 0. The molecule has 1 aromatic rings. The van der Waals surface area contributed by atoms with Crippen molar-refractivity contribution in [2.24, 2.45) is 0 Å². The van der Waals surface area contributed by atoms with E-state index in [1.807, 2.05) is 0 Å². The first-order valence-electron chi connectivity index (χ1n) is 4.05. The van der Waals surface area contributed by atoms with Gasteiger partial charge in [-0.15, -0.1) is 8.78 Å². The van der Waals surface area contributed by atoms with E-state index in [4.69, 9.17) is 0 Å². The number of alkyl halides is 2. The smallest absolute Gasteiger partial charge is 0.395 e. The van der Waals surface area contributed by atoms with Crippen LogP contribution in [0.4, 0.5) is 8.78 Å². The first-order chi connectivity index (χ1) is 7.11. The van der Waals surface area contributed by atoms with E-state index in [1.54, 1.807) is 6.29 Å². The van der Waals surface area contributed by atoms with E-state index in [0.717, 1.165) is 6.08 Å². The van der Waals surface area contributed by atoms with E-state index in [0.29, 0.717) is 5.56 Å². The van der Waals surface area contributed by atoms with Crippen LogP contribution in [0.15, 0.2) is 24.3 Å². The zero-order valence-electron chi connectivity index (χ0n) is 7.37. The van der Waals surface area contributed by atoms with E-state index in [2.05, 4.69) is 9.47 Å². The summed E-state index contributed by atoms with van der Waals surface area (Å²) < 4.78 is 33.6. The maximum Gasteiger partial charge on any atom is 0.586 e. The van der Waals surface area contributed by atoms with Gasteiger partial charge in [-0.05, 0) is 23.8 Å². The minimum atomic E-state index is -3.61. The van der Waals surface area contributed by atoms with Gasteiger partial charge in [0.15, 0.2) is 11.5 Å². The minimum absolute atomic E-state index is 0.0211. The molecule has 1 aliphatic rings. The van der Waals surface area contributed by atoms with Gasteiger partial charge in [-0.2, -0.15) is 0 Å². The van der Waals surface area contributed by atoms with Gasteiger partial charge in [-0.3, -0.25) is 4.79 Å². The van der Waals surface area contributed by atoms with Gasteiger partial charge in [0, 0.05) is 0 Å². The van der Waals surface area contributed by atoms with Gasteiger partial charge in [0.05, 0.1) is 0 Å². The molecular weight excluding hydrogens is 206 g/mol. The SMILES string of the molecule is O=[C]C=Cc1ccc2c(c1)OC(F)(F)O2. The molecule has 0 unspecified atom stereocenters. The van der Waals surface area contributed by atoms with Crippen LogP contribution in [0, 0.1) is 0 Å². The Bertz CT molecular complexity index is 427. The standard InChI is InChI=1S/C10H5F2O3/c11-10(12)14-8-4-3-7(2-1-5-13)6-9(8)15-10/h1-4,6H. The number of hydrogen-bond donors (Lipinski definition) is 0. The Morgan fingerprint density at radius 1 is 1.27 bits per heavy atom. The molecule has 0 spiro atoms. The topological polar surface area (TPSA) is 35.5 Å².